The van der Waals surface area contributed by atoms with Crippen LogP contribution in [0.2, 0.25) is 0 Å². The lowest BCUT2D eigenvalue weighted by atomic mass is 10.0. The van der Waals surface area contributed by atoms with Crippen molar-refractivity contribution < 1.29 is 24.2 Å². The molecule has 0 saturated carbocycles. The maximum absolute atomic E-state index is 11.9. The highest BCUT2D eigenvalue weighted by atomic mass is 16.6. The highest BCUT2D eigenvalue weighted by Crippen LogP contribution is 2.13. The molecule has 5 heteroatoms. The molecular weight excluding hydrogens is 560 g/mol. The van der Waals surface area contributed by atoms with Gasteiger partial charge in [0, 0.05) is 12.8 Å². The molecule has 1 N–H and O–H groups in total. The lowest BCUT2D eigenvalue weighted by Gasteiger charge is -2.12. The Labute approximate surface area is 278 Å². The van der Waals surface area contributed by atoms with E-state index in [4.69, 9.17) is 9.47 Å². The minimum absolute atomic E-state index is 0.126. The third-order valence-corrected chi connectivity index (χ3v) is 7.82. The highest BCUT2D eigenvalue weighted by Gasteiger charge is 2.12. The number of aliphatic hydroxyl groups excluding tert-OH is 1. The normalized spacial score (nSPS) is 12.7. The summed E-state index contributed by atoms with van der Waals surface area (Å²) in [5, 5.41) is 9.98. The van der Waals surface area contributed by atoms with E-state index in [2.05, 4.69) is 62.5 Å². The van der Waals surface area contributed by atoms with Gasteiger partial charge in [-0.1, -0.05) is 152 Å². The Morgan fingerprint density at radius 2 is 0.778 bits per heavy atom. The molecule has 0 aromatic rings. The molecule has 0 spiro atoms. The molecular formula is C40H70O5. The summed E-state index contributed by atoms with van der Waals surface area (Å²) in [4.78, 5) is 23.8. The standard InChI is InChI=1S/C40H70O5/c1-3-5-7-9-11-13-15-17-18-19-20-21-22-23-25-27-29-31-33-35-40(43)45-37-38(41)36-44-39(42)34-32-30-28-26-24-16-14-12-10-8-6-4-2/h11,13,17-18,20-21,23,25,38,41H,3-10,12,14-16,19,22,24,26-37H2,1-2H3/b13-11-,18-17-,21-20-,25-23-/t38-/m1/s1. The number of rotatable bonds is 33. The van der Waals surface area contributed by atoms with E-state index < -0.39 is 6.10 Å². The Balaban J connectivity index is 3.53. The largest absolute Gasteiger partial charge is 0.463 e. The van der Waals surface area contributed by atoms with E-state index in [0.29, 0.717) is 12.8 Å². The second kappa shape index (κ2) is 36.3. The summed E-state index contributed by atoms with van der Waals surface area (Å²) < 4.78 is 10.3. The van der Waals surface area contributed by atoms with E-state index in [-0.39, 0.29) is 25.2 Å². The van der Waals surface area contributed by atoms with Crippen molar-refractivity contribution in [3.63, 3.8) is 0 Å². The van der Waals surface area contributed by atoms with Crippen LogP contribution >= 0.6 is 0 Å². The van der Waals surface area contributed by atoms with Gasteiger partial charge in [-0.05, 0) is 57.8 Å². The summed E-state index contributed by atoms with van der Waals surface area (Å²) in [6.45, 7) is 4.23. The molecule has 0 rings (SSSR count). The number of ether oxygens (including phenoxy) is 2. The van der Waals surface area contributed by atoms with Gasteiger partial charge in [0.2, 0.25) is 0 Å². The molecule has 0 heterocycles. The van der Waals surface area contributed by atoms with Crippen molar-refractivity contribution in [2.45, 2.75) is 180 Å². The first-order chi connectivity index (χ1) is 22.1. The molecule has 0 aliphatic heterocycles. The number of hydrogen-bond donors (Lipinski definition) is 1. The third-order valence-electron chi connectivity index (χ3n) is 7.82. The van der Waals surface area contributed by atoms with E-state index in [1.807, 2.05) is 0 Å². The molecule has 0 aliphatic carbocycles. The van der Waals surface area contributed by atoms with Gasteiger partial charge in [-0.2, -0.15) is 0 Å². The van der Waals surface area contributed by atoms with Crippen LogP contribution in [0.25, 0.3) is 0 Å². The fourth-order valence-corrected chi connectivity index (χ4v) is 4.95. The number of carbonyl (C=O) groups is 2. The van der Waals surface area contributed by atoms with Gasteiger partial charge in [0.05, 0.1) is 0 Å². The molecule has 0 amide bonds. The van der Waals surface area contributed by atoms with Crippen LogP contribution in [0.4, 0.5) is 0 Å². The van der Waals surface area contributed by atoms with Gasteiger partial charge in [-0.25, -0.2) is 0 Å². The topological polar surface area (TPSA) is 72.8 Å². The van der Waals surface area contributed by atoms with Crippen LogP contribution < -0.4 is 0 Å². The lowest BCUT2D eigenvalue weighted by Crippen LogP contribution is -2.25. The van der Waals surface area contributed by atoms with Crippen molar-refractivity contribution >= 4 is 11.9 Å². The van der Waals surface area contributed by atoms with E-state index in [1.165, 1.54) is 83.5 Å². The van der Waals surface area contributed by atoms with Crippen LogP contribution in [0.15, 0.2) is 48.6 Å². The number of hydrogen-bond acceptors (Lipinski definition) is 5. The molecule has 0 aromatic heterocycles. The molecule has 0 unspecified atom stereocenters. The summed E-state index contributed by atoms with van der Waals surface area (Å²) in [5.41, 5.74) is 0. The third kappa shape index (κ3) is 36.2. The average Bonchev–Trinajstić information content (AvgIpc) is 3.04. The molecule has 0 aromatic carbocycles. The fraction of sp³-hybridized carbons (Fsp3) is 0.750. The Kier molecular flexibility index (Phi) is 34.6. The molecule has 0 bridgehead atoms. The van der Waals surface area contributed by atoms with E-state index in [0.717, 1.165) is 64.2 Å². The minimum Gasteiger partial charge on any atom is -0.463 e. The molecule has 5 nitrogen and oxygen atoms in total. The van der Waals surface area contributed by atoms with Crippen molar-refractivity contribution in [1.82, 2.24) is 0 Å². The smallest absolute Gasteiger partial charge is 0.305 e. The van der Waals surface area contributed by atoms with Gasteiger partial charge in [0.25, 0.3) is 0 Å². The maximum atomic E-state index is 11.9. The van der Waals surface area contributed by atoms with Crippen molar-refractivity contribution in [1.29, 1.82) is 0 Å². The molecule has 1 atom stereocenters. The predicted octanol–water partition coefficient (Wildman–Crippen LogP) is 11.5. The fourth-order valence-electron chi connectivity index (χ4n) is 4.95. The monoisotopic (exact) mass is 631 g/mol. The molecule has 0 radical (unpaired) electrons. The Hall–Kier alpha value is -2.14. The molecule has 45 heavy (non-hydrogen) atoms. The van der Waals surface area contributed by atoms with Gasteiger partial charge >= 0.3 is 11.9 Å². The Morgan fingerprint density at radius 3 is 1.20 bits per heavy atom. The van der Waals surface area contributed by atoms with E-state index in [9.17, 15) is 14.7 Å². The SMILES string of the molecule is CCCCC/C=C\C/C=C\C/C=C\C/C=C\CCCCCC(=O)OC[C@H](O)COC(=O)CCCCCCCCCCCCCC. The highest BCUT2D eigenvalue weighted by molar-refractivity contribution is 5.69. The molecule has 0 fully saturated rings. The molecule has 0 aliphatic rings. The first-order valence-electron chi connectivity index (χ1n) is 18.7. The second-order valence-electron chi connectivity index (χ2n) is 12.3. The van der Waals surface area contributed by atoms with E-state index >= 15 is 0 Å². The van der Waals surface area contributed by atoms with E-state index in [1.54, 1.807) is 0 Å². The number of allylic oxidation sites excluding steroid dienone is 8. The summed E-state index contributed by atoms with van der Waals surface area (Å²) in [7, 11) is 0. The second-order valence-corrected chi connectivity index (χ2v) is 12.3. The summed E-state index contributed by atoms with van der Waals surface area (Å²) in [5.74, 6) is -0.601. The van der Waals surface area contributed by atoms with Crippen LogP contribution in [0, 0.1) is 0 Å². The number of carbonyl (C=O) groups excluding carboxylic acids is 2. The van der Waals surface area contributed by atoms with Gasteiger partial charge in [-0.15, -0.1) is 0 Å². The van der Waals surface area contributed by atoms with Crippen molar-refractivity contribution in [2.24, 2.45) is 0 Å². The number of aliphatic hydroxyl groups is 1. The first-order valence-corrected chi connectivity index (χ1v) is 18.7. The minimum atomic E-state index is -0.975. The quantitative estimate of drug-likeness (QED) is 0.0444. The zero-order chi connectivity index (χ0) is 32.9. The summed E-state index contributed by atoms with van der Waals surface area (Å²) in [6, 6.07) is 0. The lowest BCUT2D eigenvalue weighted by molar-refractivity contribution is -0.152. The van der Waals surface area contributed by atoms with Crippen LogP contribution in [-0.4, -0.2) is 36.4 Å². The predicted molar refractivity (Wildman–Crippen MR) is 191 cm³/mol. The van der Waals surface area contributed by atoms with Crippen molar-refractivity contribution in [2.75, 3.05) is 13.2 Å². The molecule has 0 saturated heterocycles. The van der Waals surface area contributed by atoms with Crippen LogP contribution in [0.3, 0.4) is 0 Å². The summed E-state index contributed by atoms with van der Waals surface area (Å²) >= 11 is 0. The van der Waals surface area contributed by atoms with Crippen LogP contribution in [0.5, 0.6) is 0 Å². The summed E-state index contributed by atoms with van der Waals surface area (Å²) in [6.07, 6.45) is 44.4. The van der Waals surface area contributed by atoms with Crippen molar-refractivity contribution in [3.05, 3.63) is 48.6 Å². The number of esters is 2. The van der Waals surface area contributed by atoms with Crippen molar-refractivity contribution in [3.8, 4) is 0 Å². The van der Waals surface area contributed by atoms with Gasteiger partial charge in [-0.3, -0.25) is 9.59 Å². The maximum Gasteiger partial charge on any atom is 0.305 e. The van der Waals surface area contributed by atoms with Crippen LogP contribution in [0.1, 0.15) is 174 Å². The molecule has 260 valence electrons. The van der Waals surface area contributed by atoms with Crippen LogP contribution in [-0.2, 0) is 19.1 Å². The zero-order valence-electron chi connectivity index (χ0n) is 29.4. The Bertz CT molecular complexity index is 767. The van der Waals surface area contributed by atoms with Gasteiger partial charge in [0.15, 0.2) is 0 Å². The van der Waals surface area contributed by atoms with Gasteiger partial charge in [0.1, 0.15) is 19.3 Å². The Morgan fingerprint density at radius 1 is 0.467 bits per heavy atom. The van der Waals surface area contributed by atoms with Gasteiger partial charge < -0.3 is 14.6 Å². The average molecular weight is 631 g/mol. The number of unbranched alkanes of at least 4 members (excludes halogenated alkanes) is 17. The first kappa shape index (κ1) is 42.9. The zero-order valence-corrected chi connectivity index (χ0v) is 29.4.